The summed E-state index contributed by atoms with van der Waals surface area (Å²) in [6, 6.07) is 0.421. The average Bonchev–Trinajstić information content (AvgIpc) is 2.35. The number of anilines is 2. The van der Waals surface area contributed by atoms with E-state index in [1.165, 1.54) is 0 Å². The zero-order valence-corrected chi connectivity index (χ0v) is 11.9. The monoisotopic (exact) mass is 254 g/mol. The van der Waals surface area contributed by atoms with Crippen LogP contribution in [0.4, 0.5) is 11.6 Å². The van der Waals surface area contributed by atoms with E-state index >= 15 is 0 Å². The van der Waals surface area contributed by atoms with Crippen molar-refractivity contribution in [3.8, 4) is 0 Å². The minimum absolute atomic E-state index is 0.421. The van der Waals surface area contributed by atoms with Gasteiger partial charge in [0.2, 0.25) is 0 Å². The highest BCUT2D eigenvalue weighted by atomic mass is 32.2. The van der Waals surface area contributed by atoms with Crippen LogP contribution in [0.1, 0.15) is 26.3 Å². The van der Waals surface area contributed by atoms with Gasteiger partial charge in [0.1, 0.15) is 18.0 Å². The number of hydrogen-bond donors (Lipinski definition) is 2. The zero-order valence-electron chi connectivity index (χ0n) is 11.1. The summed E-state index contributed by atoms with van der Waals surface area (Å²) < 4.78 is 0. The van der Waals surface area contributed by atoms with Gasteiger partial charge < -0.3 is 10.6 Å². The van der Waals surface area contributed by atoms with Crippen LogP contribution in [-0.4, -0.2) is 34.6 Å². The van der Waals surface area contributed by atoms with E-state index in [9.17, 15) is 0 Å². The fourth-order valence-electron chi connectivity index (χ4n) is 1.66. The molecular weight excluding hydrogens is 232 g/mol. The van der Waals surface area contributed by atoms with Gasteiger partial charge in [-0.15, -0.1) is 0 Å². The molecule has 5 heteroatoms. The lowest BCUT2D eigenvalue weighted by molar-refractivity contribution is 0.888. The molecule has 1 rings (SSSR count). The third kappa shape index (κ3) is 4.07. The maximum absolute atomic E-state index is 4.33. The minimum Gasteiger partial charge on any atom is -0.373 e. The van der Waals surface area contributed by atoms with Crippen LogP contribution in [0.5, 0.6) is 0 Å². The molecular formula is C12H22N4S. The van der Waals surface area contributed by atoms with Crippen LogP contribution in [0.2, 0.25) is 0 Å². The molecule has 0 bridgehead atoms. The quantitative estimate of drug-likeness (QED) is 0.783. The topological polar surface area (TPSA) is 49.8 Å². The van der Waals surface area contributed by atoms with E-state index in [4.69, 9.17) is 0 Å². The summed E-state index contributed by atoms with van der Waals surface area (Å²) in [6.07, 6.45) is 2.53. The van der Waals surface area contributed by atoms with Gasteiger partial charge in [-0.05, 0) is 19.1 Å². The lowest BCUT2D eigenvalue weighted by Crippen LogP contribution is -2.20. The molecule has 4 nitrogen and oxygen atoms in total. The summed E-state index contributed by atoms with van der Waals surface area (Å²) in [5.74, 6) is 4.12. The van der Waals surface area contributed by atoms with Gasteiger partial charge in [0, 0.05) is 24.4 Å². The Bertz CT molecular complexity index is 343. The Kier molecular flexibility index (Phi) is 6.11. The number of thioether (sulfide) groups is 1. The van der Waals surface area contributed by atoms with Crippen molar-refractivity contribution in [3.05, 3.63) is 11.9 Å². The lowest BCUT2D eigenvalue weighted by atomic mass is 10.2. The number of hydrogen-bond acceptors (Lipinski definition) is 5. The van der Waals surface area contributed by atoms with Crippen LogP contribution >= 0.6 is 11.8 Å². The van der Waals surface area contributed by atoms with Gasteiger partial charge in [0.05, 0.1) is 0 Å². The van der Waals surface area contributed by atoms with E-state index in [0.717, 1.165) is 35.1 Å². The van der Waals surface area contributed by atoms with Crippen molar-refractivity contribution < 1.29 is 0 Å². The average molecular weight is 254 g/mol. The molecule has 0 aliphatic heterocycles. The summed E-state index contributed by atoms with van der Waals surface area (Å²) in [4.78, 5) is 8.57. The largest absolute Gasteiger partial charge is 0.373 e. The molecule has 0 spiro atoms. The molecule has 1 aromatic rings. The fourth-order valence-corrected chi connectivity index (χ4v) is 2.33. The molecule has 0 radical (unpaired) electrons. The first kappa shape index (κ1) is 14.1. The molecule has 17 heavy (non-hydrogen) atoms. The smallest absolute Gasteiger partial charge is 0.134 e. The van der Waals surface area contributed by atoms with Crippen molar-refractivity contribution in [2.45, 2.75) is 33.2 Å². The van der Waals surface area contributed by atoms with Gasteiger partial charge in [0.25, 0.3) is 0 Å². The number of aromatic nitrogens is 2. The summed E-state index contributed by atoms with van der Waals surface area (Å²) >= 11 is 1.94. The van der Waals surface area contributed by atoms with E-state index < -0.39 is 0 Å². The number of nitrogens with zero attached hydrogens (tertiary/aromatic N) is 2. The summed E-state index contributed by atoms with van der Waals surface area (Å²) in [5, 5.41) is 6.57. The van der Waals surface area contributed by atoms with E-state index in [1.54, 1.807) is 6.33 Å². The van der Waals surface area contributed by atoms with Gasteiger partial charge in [-0.1, -0.05) is 13.8 Å². The first-order valence-corrected chi connectivity index (χ1v) is 7.24. The fraction of sp³-hybridized carbons (Fsp3) is 0.667. The molecule has 1 atom stereocenters. The maximum atomic E-state index is 4.33. The van der Waals surface area contributed by atoms with Crippen molar-refractivity contribution in [2.75, 3.05) is 29.2 Å². The van der Waals surface area contributed by atoms with Crippen LogP contribution in [-0.2, 0) is 6.42 Å². The van der Waals surface area contributed by atoms with Gasteiger partial charge >= 0.3 is 0 Å². The zero-order chi connectivity index (χ0) is 12.7. The Morgan fingerprint density at radius 1 is 1.29 bits per heavy atom. The summed E-state index contributed by atoms with van der Waals surface area (Å²) in [6.45, 7) is 6.48. The van der Waals surface area contributed by atoms with E-state index in [1.807, 2.05) is 18.8 Å². The SMILES string of the molecule is CCSCC(C)Nc1ncnc(NC)c1CC. The highest BCUT2D eigenvalue weighted by Crippen LogP contribution is 2.21. The third-order valence-electron chi connectivity index (χ3n) is 2.49. The van der Waals surface area contributed by atoms with E-state index in [0.29, 0.717) is 6.04 Å². The standard InChI is InChI=1S/C12H22N4S/c1-5-10-11(13-4)14-8-15-12(10)16-9(3)7-17-6-2/h8-9H,5-7H2,1-4H3,(H2,13,14,15,16). The molecule has 1 unspecified atom stereocenters. The van der Waals surface area contributed by atoms with Crippen LogP contribution in [0.3, 0.4) is 0 Å². The van der Waals surface area contributed by atoms with Gasteiger partial charge in [-0.25, -0.2) is 9.97 Å². The van der Waals surface area contributed by atoms with Crippen molar-refractivity contribution >= 4 is 23.4 Å². The van der Waals surface area contributed by atoms with E-state index in [-0.39, 0.29) is 0 Å². The second kappa shape index (κ2) is 7.37. The second-order valence-electron chi connectivity index (χ2n) is 3.86. The molecule has 96 valence electrons. The molecule has 1 aromatic heterocycles. The van der Waals surface area contributed by atoms with Gasteiger partial charge in [-0.3, -0.25) is 0 Å². The predicted molar refractivity (Wildman–Crippen MR) is 77.0 cm³/mol. The van der Waals surface area contributed by atoms with Gasteiger partial charge in [-0.2, -0.15) is 11.8 Å². The third-order valence-corrected chi connectivity index (χ3v) is 3.63. The Hall–Kier alpha value is -0.970. The Labute approximate surface area is 108 Å². The van der Waals surface area contributed by atoms with E-state index in [2.05, 4.69) is 41.4 Å². The molecule has 0 fully saturated rings. The minimum atomic E-state index is 0.421. The second-order valence-corrected chi connectivity index (χ2v) is 5.18. The number of nitrogens with one attached hydrogen (secondary N) is 2. The van der Waals surface area contributed by atoms with Crippen molar-refractivity contribution in [1.29, 1.82) is 0 Å². The predicted octanol–water partition coefficient (Wildman–Crippen LogP) is 2.63. The molecule has 2 N–H and O–H groups in total. The highest BCUT2D eigenvalue weighted by Gasteiger charge is 2.10. The first-order valence-electron chi connectivity index (χ1n) is 6.08. The van der Waals surface area contributed by atoms with Crippen molar-refractivity contribution in [1.82, 2.24) is 9.97 Å². The lowest BCUT2D eigenvalue weighted by Gasteiger charge is -2.17. The molecule has 0 saturated heterocycles. The molecule has 0 amide bonds. The van der Waals surface area contributed by atoms with Crippen LogP contribution < -0.4 is 10.6 Å². The normalized spacial score (nSPS) is 12.2. The van der Waals surface area contributed by atoms with Crippen molar-refractivity contribution in [2.24, 2.45) is 0 Å². The molecule has 0 aromatic carbocycles. The van der Waals surface area contributed by atoms with Crippen LogP contribution in [0.25, 0.3) is 0 Å². The van der Waals surface area contributed by atoms with Crippen molar-refractivity contribution in [3.63, 3.8) is 0 Å². The molecule has 0 saturated carbocycles. The Balaban J connectivity index is 2.75. The Morgan fingerprint density at radius 3 is 2.59 bits per heavy atom. The van der Waals surface area contributed by atoms with Crippen LogP contribution in [0, 0.1) is 0 Å². The molecule has 1 heterocycles. The number of rotatable bonds is 7. The molecule has 0 aliphatic carbocycles. The summed E-state index contributed by atoms with van der Waals surface area (Å²) in [5.41, 5.74) is 1.16. The van der Waals surface area contributed by atoms with Crippen LogP contribution in [0.15, 0.2) is 6.33 Å². The first-order chi connectivity index (χ1) is 8.22. The van der Waals surface area contributed by atoms with Gasteiger partial charge in [0.15, 0.2) is 0 Å². The highest BCUT2D eigenvalue weighted by molar-refractivity contribution is 7.99. The Morgan fingerprint density at radius 2 is 2.00 bits per heavy atom. The maximum Gasteiger partial charge on any atom is 0.134 e. The molecule has 0 aliphatic rings. The summed E-state index contributed by atoms with van der Waals surface area (Å²) in [7, 11) is 1.89.